The number of rotatable bonds is 2. The predicted octanol–water partition coefficient (Wildman–Crippen LogP) is 1.75. The third kappa shape index (κ3) is 3.41. The molecule has 1 rings (SSSR count). The average Bonchev–Trinajstić information content (AvgIpc) is 1.89. The lowest BCUT2D eigenvalue weighted by Crippen LogP contribution is -2.36. The van der Waals surface area contributed by atoms with Gasteiger partial charge in [-0.05, 0) is 12.8 Å². The molecule has 1 aliphatic rings. The van der Waals surface area contributed by atoms with E-state index in [4.69, 9.17) is 4.74 Å². The SMILES string of the molecule is COCC1(O)CCCCC1.Cl. The molecule has 0 aromatic heterocycles. The number of aliphatic hydroxyl groups is 1. The lowest BCUT2D eigenvalue weighted by atomic mass is 9.86. The van der Waals surface area contributed by atoms with Crippen LogP contribution in [0.25, 0.3) is 0 Å². The van der Waals surface area contributed by atoms with Crippen molar-refractivity contribution in [2.45, 2.75) is 37.7 Å². The van der Waals surface area contributed by atoms with Crippen LogP contribution >= 0.6 is 12.4 Å². The minimum absolute atomic E-state index is 0. The Bertz CT molecular complexity index is 94.8. The van der Waals surface area contributed by atoms with E-state index in [9.17, 15) is 5.11 Å². The lowest BCUT2D eigenvalue weighted by Gasteiger charge is -2.30. The molecule has 0 radical (unpaired) electrons. The third-order valence-corrected chi connectivity index (χ3v) is 2.20. The summed E-state index contributed by atoms with van der Waals surface area (Å²) in [6.45, 7) is 0.507. The summed E-state index contributed by atoms with van der Waals surface area (Å²) in [5.41, 5.74) is -0.493. The Morgan fingerprint density at radius 1 is 1.27 bits per heavy atom. The number of methoxy groups -OCH3 is 1. The Morgan fingerprint density at radius 3 is 2.27 bits per heavy atom. The molecule has 0 aliphatic heterocycles. The van der Waals surface area contributed by atoms with Gasteiger partial charge >= 0.3 is 0 Å². The highest BCUT2D eigenvalue weighted by molar-refractivity contribution is 5.85. The number of hydrogen-bond acceptors (Lipinski definition) is 2. The first-order chi connectivity index (χ1) is 4.77. The second-order valence-electron chi connectivity index (χ2n) is 3.22. The van der Waals surface area contributed by atoms with Crippen LogP contribution in [-0.4, -0.2) is 24.4 Å². The molecule has 0 spiro atoms. The van der Waals surface area contributed by atoms with Crippen LogP contribution in [0.5, 0.6) is 0 Å². The van der Waals surface area contributed by atoms with Gasteiger partial charge in [0.15, 0.2) is 0 Å². The van der Waals surface area contributed by atoms with Gasteiger partial charge in [0.2, 0.25) is 0 Å². The maximum atomic E-state index is 9.75. The number of ether oxygens (including phenoxy) is 1. The summed E-state index contributed by atoms with van der Waals surface area (Å²) >= 11 is 0. The second kappa shape index (κ2) is 4.96. The zero-order valence-electron chi connectivity index (χ0n) is 7.01. The Balaban J connectivity index is 0.000001000. The molecule has 1 N–H and O–H groups in total. The minimum atomic E-state index is -0.493. The summed E-state index contributed by atoms with van der Waals surface area (Å²) in [6.07, 6.45) is 5.41. The molecule has 0 atom stereocenters. The fourth-order valence-electron chi connectivity index (χ4n) is 1.62. The summed E-state index contributed by atoms with van der Waals surface area (Å²) in [5, 5.41) is 9.75. The molecule has 0 heterocycles. The molecule has 1 saturated carbocycles. The van der Waals surface area contributed by atoms with E-state index in [0.29, 0.717) is 6.61 Å². The van der Waals surface area contributed by atoms with Crippen LogP contribution < -0.4 is 0 Å². The van der Waals surface area contributed by atoms with Gasteiger partial charge in [-0.1, -0.05) is 19.3 Å². The van der Waals surface area contributed by atoms with Gasteiger partial charge in [-0.2, -0.15) is 0 Å². The Morgan fingerprint density at radius 2 is 1.82 bits per heavy atom. The van der Waals surface area contributed by atoms with E-state index in [0.717, 1.165) is 25.7 Å². The van der Waals surface area contributed by atoms with Crippen molar-refractivity contribution in [1.29, 1.82) is 0 Å². The summed E-state index contributed by atoms with van der Waals surface area (Å²) in [7, 11) is 1.65. The van der Waals surface area contributed by atoms with E-state index in [2.05, 4.69) is 0 Å². The summed E-state index contributed by atoms with van der Waals surface area (Å²) < 4.78 is 4.93. The second-order valence-corrected chi connectivity index (χ2v) is 3.22. The van der Waals surface area contributed by atoms with Gasteiger partial charge in [-0.25, -0.2) is 0 Å². The van der Waals surface area contributed by atoms with E-state index >= 15 is 0 Å². The molecule has 0 amide bonds. The maximum absolute atomic E-state index is 9.75. The highest BCUT2D eigenvalue weighted by Crippen LogP contribution is 2.27. The summed E-state index contributed by atoms with van der Waals surface area (Å²) in [5.74, 6) is 0. The minimum Gasteiger partial charge on any atom is -0.387 e. The van der Waals surface area contributed by atoms with E-state index < -0.39 is 5.60 Å². The zero-order chi connectivity index (χ0) is 7.45. The van der Waals surface area contributed by atoms with Crippen LogP contribution in [0.1, 0.15) is 32.1 Å². The normalized spacial score (nSPS) is 22.4. The quantitative estimate of drug-likeness (QED) is 0.702. The predicted molar refractivity (Wildman–Crippen MR) is 47.2 cm³/mol. The van der Waals surface area contributed by atoms with E-state index in [-0.39, 0.29) is 12.4 Å². The van der Waals surface area contributed by atoms with Crippen LogP contribution in [0.3, 0.4) is 0 Å². The molecule has 1 aliphatic carbocycles. The number of hydrogen-bond donors (Lipinski definition) is 1. The smallest absolute Gasteiger partial charge is 0.0880 e. The summed E-state index contributed by atoms with van der Waals surface area (Å²) in [4.78, 5) is 0. The van der Waals surface area contributed by atoms with Crippen LogP contribution in [0.4, 0.5) is 0 Å². The maximum Gasteiger partial charge on any atom is 0.0880 e. The van der Waals surface area contributed by atoms with Crippen molar-refractivity contribution < 1.29 is 9.84 Å². The van der Waals surface area contributed by atoms with Gasteiger partial charge in [0.1, 0.15) is 0 Å². The zero-order valence-corrected chi connectivity index (χ0v) is 7.82. The fourth-order valence-corrected chi connectivity index (χ4v) is 1.62. The molecule has 0 aromatic rings. The van der Waals surface area contributed by atoms with Crippen molar-refractivity contribution in [2.24, 2.45) is 0 Å². The first-order valence-corrected chi connectivity index (χ1v) is 3.98. The van der Waals surface area contributed by atoms with E-state index in [1.165, 1.54) is 6.42 Å². The third-order valence-electron chi connectivity index (χ3n) is 2.20. The van der Waals surface area contributed by atoms with Crippen LogP contribution in [0, 0.1) is 0 Å². The van der Waals surface area contributed by atoms with Crippen LogP contribution in [-0.2, 0) is 4.74 Å². The van der Waals surface area contributed by atoms with E-state index in [1.54, 1.807) is 7.11 Å². The molecular weight excluding hydrogens is 164 g/mol. The van der Waals surface area contributed by atoms with Crippen molar-refractivity contribution in [3.8, 4) is 0 Å². The molecular formula is C8H17ClO2. The van der Waals surface area contributed by atoms with Crippen molar-refractivity contribution >= 4 is 12.4 Å². The van der Waals surface area contributed by atoms with Gasteiger partial charge in [0.05, 0.1) is 12.2 Å². The molecule has 68 valence electrons. The van der Waals surface area contributed by atoms with Crippen LogP contribution in [0.2, 0.25) is 0 Å². The molecule has 0 aromatic carbocycles. The first-order valence-electron chi connectivity index (χ1n) is 3.98. The molecule has 3 heteroatoms. The first kappa shape index (κ1) is 11.2. The van der Waals surface area contributed by atoms with Crippen molar-refractivity contribution in [3.05, 3.63) is 0 Å². The standard InChI is InChI=1S/C8H16O2.ClH/c1-10-7-8(9)5-3-2-4-6-8;/h9H,2-7H2,1H3;1H. The Labute approximate surface area is 74.3 Å². The molecule has 2 nitrogen and oxygen atoms in total. The monoisotopic (exact) mass is 180 g/mol. The molecule has 11 heavy (non-hydrogen) atoms. The number of halogens is 1. The molecule has 0 saturated heterocycles. The topological polar surface area (TPSA) is 29.5 Å². The van der Waals surface area contributed by atoms with Crippen molar-refractivity contribution in [1.82, 2.24) is 0 Å². The Hall–Kier alpha value is 0.210. The highest BCUT2D eigenvalue weighted by Gasteiger charge is 2.28. The molecule has 1 fully saturated rings. The molecule has 0 unspecified atom stereocenters. The molecule has 0 bridgehead atoms. The van der Waals surface area contributed by atoms with E-state index in [1.807, 2.05) is 0 Å². The Kier molecular flexibility index (Phi) is 5.06. The average molecular weight is 181 g/mol. The lowest BCUT2D eigenvalue weighted by molar-refractivity contribution is -0.0556. The van der Waals surface area contributed by atoms with Gasteiger partial charge in [0, 0.05) is 7.11 Å². The largest absolute Gasteiger partial charge is 0.387 e. The summed E-state index contributed by atoms with van der Waals surface area (Å²) in [6, 6.07) is 0. The van der Waals surface area contributed by atoms with Crippen LogP contribution in [0.15, 0.2) is 0 Å². The van der Waals surface area contributed by atoms with Gasteiger partial charge in [-0.15, -0.1) is 12.4 Å². The van der Waals surface area contributed by atoms with Crippen molar-refractivity contribution in [3.63, 3.8) is 0 Å². The fraction of sp³-hybridized carbons (Fsp3) is 1.00. The van der Waals surface area contributed by atoms with Gasteiger partial charge in [0.25, 0.3) is 0 Å². The van der Waals surface area contributed by atoms with Gasteiger partial charge < -0.3 is 9.84 Å². The van der Waals surface area contributed by atoms with Gasteiger partial charge in [-0.3, -0.25) is 0 Å². The highest BCUT2D eigenvalue weighted by atomic mass is 35.5. The van der Waals surface area contributed by atoms with Crippen molar-refractivity contribution in [2.75, 3.05) is 13.7 Å².